The number of ether oxygens (including phenoxy) is 1. The lowest BCUT2D eigenvalue weighted by molar-refractivity contribution is -0.121. The van der Waals surface area contributed by atoms with Gasteiger partial charge in [0.25, 0.3) is 5.91 Å². The van der Waals surface area contributed by atoms with E-state index in [0.29, 0.717) is 16.4 Å². The molecule has 0 saturated heterocycles. The quantitative estimate of drug-likeness (QED) is 0.494. The van der Waals surface area contributed by atoms with Crippen LogP contribution in [0.4, 0.5) is 0 Å². The first-order valence-corrected chi connectivity index (χ1v) is 9.25. The van der Waals surface area contributed by atoms with E-state index >= 15 is 0 Å². The third-order valence-corrected chi connectivity index (χ3v) is 4.85. The van der Waals surface area contributed by atoms with Crippen LogP contribution in [0.1, 0.15) is 15.9 Å². The van der Waals surface area contributed by atoms with Gasteiger partial charge >= 0.3 is 0 Å². The van der Waals surface area contributed by atoms with Gasteiger partial charge < -0.3 is 9.15 Å². The summed E-state index contributed by atoms with van der Waals surface area (Å²) in [6, 6.07) is 16.4. The van der Waals surface area contributed by atoms with E-state index in [4.69, 9.17) is 20.8 Å². The minimum Gasteiger partial charge on any atom is -0.496 e. The minimum atomic E-state index is -0.528. The molecule has 0 unspecified atom stereocenters. The largest absolute Gasteiger partial charge is 0.496 e. The molecule has 0 bridgehead atoms. The molecule has 0 aliphatic rings. The average molecular weight is 409 g/mol. The maximum Gasteiger partial charge on any atom is 0.273 e. The summed E-state index contributed by atoms with van der Waals surface area (Å²) in [5, 5.41) is 3.35. The highest BCUT2D eigenvalue weighted by Crippen LogP contribution is 2.30. The van der Waals surface area contributed by atoms with Crippen molar-refractivity contribution in [2.75, 3.05) is 7.11 Å². The fourth-order valence-corrected chi connectivity index (χ4v) is 3.45. The summed E-state index contributed by atoms with van der Waals surface area (Å²) < 4.78 is 10.8. The molecule has 0 aliphatic heterocycles. The Morgan fingerprint density at radius 3 is 2.72 bits per heavy atom. The molecule has 2 amide bonds. The Morgan fingerprint density at radius 1 is 1.07 bits per heavy atom. The van der Waals surface area contributed by atoms with Gasteiger partial charge in [-0.3, -0.25) is 20.4 Å². The van der Waals surface area contributed by atoms with Crippen LogP contribution in [0.2, 0.25) is 5.02 Å². The number of hydrogen-bond donors (Lipinski definition) is 2. The molecular weight excluding hydrogens is 392 g/mol. The lowest BCUT2D eigenvalue weighted by Gasteiger charge is -2.10. The number of amides is 2. The van der Waals surface area contributed by atoms with Crippen molar-refractivity contribution < 1.29 is 18.7 Å². The standard InChI is InChI=1S/C22H17ClN2O4/c1-28-18-9-7-15(23)11-17(18)22(27)25-24-20(26)10-14-12-29-19-8-6-13-4-2-3-5-16(13)21(14)19/h2-9,11-12H,10H2,1H3,(H,24,26)(H,25,27). The molecule has 0 fully saturated rings. The molecule has 0 saturated carbocycles. The molecule has 2 N–H and O–H groups in total. The normalized spacial score (nSPS) is 10.8. The van der Waals surface area contributed by atoms with Crippen LogP contribution in [-0.4, -0.2) is 18.9 Å². The SMILES string of the molecule is COc1ccc(Cl)cc1C(=O)NNC(=O)Cc1coc2ccc3ccccc3c12. The second-order valence-electron chi connectivity index (χ2n) is 6.44. The van der Waals surface area contributed by atoms with Crippen LogP contribution in [0.25, 0.3) is 21.7 Å². The molecule has 0 spiro atoms. The van der Waals surface area contributed by atoms with E-state index in [2.05, 4.69) is 10.9 Å². The van der Waals surface area contributed by atoms with Crippen LogP contribution in [0.3, 0.4) is 0 Å². The van der Waals surface area contributed by atoms with Gasteiger partial charge in [0.2, 0.25) is 5.91 Å². The Balaban J connectivity index is 1.50. The summed E-state index contributed by atoms with van der Waals surface area (Å²) in [7, 11) is 1.45. The number of carbonyl (C=O) groups excluding carboxylic acids is 2. The first-order chi connectivity index (χ1) is 14.1. The third-order valence-electron chi connectivity index (χ3n) is 4.61. The number of fused-ring (bicyclic) bond motifs is 3. The molecule has 0 aliphatic carbocycles. The van der Waals surface area contributed by atoms with Gasteiger partial charge in [0.1, 0.15) is 11.3 Å². The number of halogens is 1. The number of methoxy groups -OCH3 is 1. The molecule has 146 valence electrons. The number of furan rings is 1. The van der Waals surface area contributed by atoms with E-state index in [1.165, 1.54) is 13.2 Å². The van der Waals surface area contributed by atoms with Crippen LogP contribution in [0.5, 0.6) is 5.75 Å². The highest BCUT2D eigenvalue weighted by molar-refractivity contribution is 6.31. The number of hydrogen-bond acceptors (Lipinski definition) is 4. The predicted octanol–water partition coefficient (Wildman–Crippen LogP) is 4.25. The van der Waals surface area contributed by atoms with E-state index < -0.39 is 5.91 Å². The molecule has 7 heteroatoms. The summed E-state index contributed by atoms with van der Waals surface area (Å²) in [5.41, 5.74) is 6.48. The lowest BCUT2D eigenvalue weighted by atomic mass is 10.0. The monoisotopic (exact) mass is 408 g/mol. The van der Waals surface area contributed by atoms with Crippen molar-refractivity contribution >= 4 is 45.2 Å². The Bertz CT molecular complexity index is 1230. The second-order valence-corrected chi connectivity index (χ2v) is 6.88. The van der Waals surface area contributed by atoms with Crippen LogP contribution in [0.15, 0.2) is 65.3 Å². The Labute approximate surface area is 171 Å². The van der Waals surface area contributed by atoms with Crippen LogP contribution < -0.4 is 15.6 Å². The average Bonchev–Trinajstić information content (AvgIpc) is 3.15. The molecular formula is C22H17ClN2O4. The summed E-state index contributed by atoms with van der Waals surface area (Å²) in [5.74, 6) is -0.552. The van der Waals surface area contributed by atoms with E-state index in [9.17, 15) is 9.59 Å². The number of rotatable bonds is 4. The van der Waals surface area contributed by atoms with Gasteiger partial charge in [-0.25, -0.2) is 0 Å². The summed E-state index contributed by atoms with van der Waals surface area (Å²) in [4.78, 5) is 24.8. The number of nitrogens with one attached hydrogen (secondary N) is 2. The summed E-state index contributed by atoms with van der Waals surface area (Å²) >= 11 is 5.95. The van der Waals surface area contributed by atoms with Crippen LogP contribution in [-0.2, 0) is 11.2 Å². The number of carbonyl (C=O) groups is 2. The Kier molecular flexibility index (Phi) is 5.10. The lowest BCUT2D eigenvalue weighted by Crippen LogP contribution is -2.42. The van der Waals surface area contributed by atoms with Gasteiger partial charge in [-0.05, 0) is 35.0 Å². The Morgan fingerprint density at radius 2 is 1.90 bits per heavy atom. The van der Waals surface area contributed by atoms with Crippen molar-refractivity contribution in [3.05, 3.63) is 77.0 Å². The van der Waals surface area contributed by atoms with Gasteiger partial charge in [-0.1, -0.05) is 41.9 Å². The summed E-state index contributed by atoms with van der Waals surface area (Å²) in [6.45, 7) is 0. The first-order valence-electron chi connectivity index (χ1n) is 8.87. The van der Waals surface area contributed by atoms with Gasteiger partial charge in [-0.15, -0.1) is 0 Å². The second kappa shape index (κ2) is 7.85. The molecule has 0 radical (unpaired) electrons. The molecule has 3 aromatic carbocycles. The van der Waals surface area contributed by atoms with E-state index in [1.54, 1.807) is 18.4 Å². The van der Waals surface area contributed by atoms with Gasteiger partial charge in [0, 0.05) is 16.0 Å². The number of hydrazine groups is 1. The van der Waals surface area contributed by atoms with Crippen molar-refractivity contribution in [2.45, 2.75) is 6.42 Å². The smallest absolute Gasteiger partial charge is 0.273 e. The molecule has 4 rings (SSSR count). The number of benzene rings is 3. The van der Waals surface area contributed by atoms with Crippen molar-refractivity contribution in [1.82, 2.24) is 10.9 Å². The van der Waals surface area contributed by atoms with Crippen molar-refractivity contribution in [3.63, 3.8) is 0 Å². The minimum absolute atomic E-state index is 0.0496. The van der Waals surface area contributed by atoms with Gasteiger partial charge in [0.15, 0.2) is 0 Å². The zero-order chi connectivity index (χ0) is 20.4. The molecule has 1 heterocycles. The highest BCUT2D eigenvalue weighted by atomic mass is 35.5. The van der Waals surface area contributed by atoms with Gasteiger partial charge in [-0.2, -0.15) is 0 Å². The van der Waals surface area contributed by atoms with Crippen LogP contribution >= 0.6 is 11.6 Å². The summed E-state index contributed by atoms with van der Waals surface area (Å²) in [6.07, 6.45) is 1.62. The molecule has 0 atom stereocenters. The van der Waals surface area contributed by atoms with E-state index in [-0.39, 0.29) is 17.9 Å². The zero-order valence-corrected chi connectivity index (χ0v) is 16.2. The molecule has 1 aromatic heterocycles. The molecule has 29 heavy (non-hydrogen) atoms. The van der Waals surface area contributed by atoms with Crippen molar-refractivity contribution in [3.8, 4) is 5.75 Å². The Hall–Kier alpha value is -3.51. The van der Waals surface area contributed by atoms with Gasteiger partial charge in [0.05, 0.1) is 25.4 Å². The molecule has 4 aromatic rings. The topological polar surface area (TPSA) is 80.6 Å². The fourth-order valence-electron chi connectivity index (χ4n) is 3.27. The predicted molar refractivity (Wildman–Crippen MR) is 111 cm³/mol. The van der Waals surface area contributed by atoms with Crippen LogP contribution in [0, 0.1) is 0 Å². The fraction of sp³-hybridized carbons (Fsp3) is 0.0909. The van der Waals surface area contributed by atoms with Crippen molar-refractivity contribution in [1.29, 1.82) is 0 Å². The van der Waals surface area contributed by atoms with Crippen molar-refractivity contribution in [2.24, 2.45) is 0 Å². The van der Waals surface area contributed by atoms with E-state index in [1.807, 2.05) is 36.4 Å². The zero-order valence-electron chi connectivity index (χ0n) is 15.5. The third kappa shape index (κ3) is 3.75. The maximum atomic E-state index is 12.4. The highest BCUT2D eigenvalue weighted by Gasteiger charge is 2.16. The maximum absolute atomic E-state index is 12.4. The first kappa shape index (κ1) is 18.8. The van der Waals surface area contributed by atoms with E-state index in [0.717, 1.165) is 21.7 Å². The molecule has 6 nitrogen and oxygen atoms in total.